The molecule has 3 aromatic rings. The number of carbonyl (C=O) groups is 2. The fourth-order valence-electron chi connectivity index (χ4n) is 3.84. The molecule has 0 aliphatic heterocycles. The molecule has 0 fully saturated rings. The molecule has 1 amide bonds. The van der Waals surface area contributed by atoms with Crippen molar-refractivity contribution < 1.29 is 22.7 Å². The van der Waals surface area contributed by atoms with Crippen molar-refractivity contribution in [3.05, 3.63) is 66.2 Å². The van der Waals surface area contributed by atoms with Gasteiger partial charge in [0.2, 0.25) is 5.91 Å². The van der Waals surface area contributed by atoms with Gasteiger partial charge in [-0.25, -0.2) is 12.7 Å². The molecular weight excluding hydrogens is 462 g/mol. The summed E-state index contributed by atoms with van der Waals surface area (Å²) in [5, 5.41) is 1.07. The van der Waals surface area contributed by atoms with E-state index in [4.69, 9.17) is 4.74 Å². The summed E-state index contributed by atoms with van der Waals surface area (Å²) in [6.07, 6.45) is 1.50. The summed E-state index contributed by atoms with van der Waals surface area (Å²) < 4.78 is 34.1. The first-order valence-corrected chi connectivity index (χ1v) is 13.4. The van der Waals surface area contributed by atoms with Gasteiger partial charge in [-0.3, -0.25) is 9.59 Å². The maximum atomic E-state index is 13.8. The van der Waals surface area contributed by atoms with E-state index in [9.17, 15) is 18.0 Å². The van der Waals surface area contributed by atoms with Gasteiger partial charge < -0.3 is 4.74 Å². The first kappa shape index (κ1) is 26.4. The maximum Gasteiger partial charge on any atom is 0.311 e. The van der Waals surface area contributed by atoms with E-state index in [0.717, 1.165) is 9.87 Å². The highest BCUT2D eigenvalue weighted by molar-refractivity contribution is 7.93. The monoisotopic (exact) mass is 495 g/mol. The van der Waals surface area contributed by atoms with Gasteiger partial charge in [-0.1, -0.05) is 71.0 Å². The molecular formula is C28H33NO5S. The molecule has 0 unspecified atom stereocenters. The van der Waals surface area contributed by atoms with Crippen LogP contribution in [0.4, 0.5) is 5.69 Å². The lowest BCUT2D eigenvalue weighted by Gasteiger charge is -2.25. The number of rotatable bonds is 8. The topological polar surface area (TPSA) is 80.8 Å². The lowest BCUT2D eigenvalue weighted by Crippen LogP contribution is -2.37. The summed E-state index contributed by atoms with van der Waals surface area (Å²) in [5.41, 5.74) is 1.09. The second kappa shape index (κ2) is 10.6. The van der Waals surface area contributed by atoms with E-state index in [0.29, 0.717) is 29.4 Å². The first-order valence-electron chi connectivity index (χ1n) is 11.9. The number of hydrogen-bond acceptors (Lipinski definition) is 5. The molecule has 0 saturated carbocycles. The molecule has 0 saturated heterocycles. The molecule has 3 rings (SSSR count). The Morgan fingerprint density at radius 2 is 1.43 bits per heavy atom. The highest BCUT2D eigenvalue weighted by atomic mass is 32.2. The summed E-state index contributed by atoms with van der Waals surface area (Å²) in [6, 6.07) is 16.8. The minimum Gasteiger partial charge on any atom is -0.426 e. The molecule has 0 bridgehead atoms. The second-order valence-corrected chi connectivity index (χ2v) is 11.3. The van der Waals surface area contributed by atoms with Crippen LogP contribution in [0.5, 0.6) is 5.75 Å². The first-order chi connectivity index (χ1) is 16.5. The van der Waals surface area contributed by atoms with E-state index in [1.807, 2.05) is 13.8 Å². The SMILES string of the molecule is CCCC(=O)Oc1ccc(N(C(=O)CCC)S(=O)(=O)c2ccc(C(C)(C)C)cc2)c2ccccc12. The van der Waals surface area contributed by atoms with Gasteiger partial charge in [0.25, 0.3) is 10.0 Å². The molecule has 35 heavy (non-hydrogen) atoms. The number of carbonyl (C=O) groups excluding carboxylic acids is 2. The lowest BCUT2D eigenvalue weighted by molar-refractivity contribution is -0.134. The van der Waals surface area contributed by atoms with Gasteiger partial charge in [-0.15, -0.1) is 0 Å². The van der Waals surface area contributed by atoms with Crippen LogP contribution in [0.25, 0.3) is 10.8 Å². The van der Waals surface area contributed by atoms with Gasteiger partial charge in [-0.2, -0.15) is 0 Å². The maximum absolute atomic E-state index is 13.8. The van der Waals surface area contributed by atoms with E-state index in [1.165, 1.54) is 6.07 Å². The summed E-state index contributed by atoms with van der Waals surface area (Å²) in [7, 11) is -4.20. The lowest BCUT2D eigenvalue weighted by atomic mass is 9.87. The van der Waals surface area contributed by atoms with Crippen LogP contribution in [-0.2, 0) is 25.0 Å². The normalized spacial score (nSPS) is 11.9. The van der Waals surface area contributed by atoms with Crippen molar-refractivity contribution in [3.63, 3.8) is 0 Å². The van der Waals surface area contributed by atoms with E-state index >= 15 is 0 Å². The number of nitrogens with zero attached hydrogens (tertiary/aromatic N) is 1. The highest BCUT2D eigenvalue weighted by Crippen LogP contribution is 2.37. The van der Waals surface area contributed by atoms with Crippen molar-refractivity contribution >= 4 is 38.4 Å². The summed E-state index contributed by atoms with van der Waals surface area (Å²) in [5.74, 6) is -0.554. The van der Waals surface area contributed by atoms with E-state index in [1.54, 1.807) is 54.6 Å². The van der Waals surface area contributed by atoms with Crippen molar-refractivity contribution in [2.24, 2.45) is 0 Å². The Hall–Kier alpha value is -3.19. The minimum atomic E-state index is -4.20. The number of anilines is 1. The summed E-state index contributed by atoms with van der Waals surface area (Å²) >= 11 is 0. The predicted molar refractivity (Wildman–Crippen MR) is 139 cm³/mol. The van der Waals surface area contributed by atoms with Gasteiger partial charge >= 0.3 is 5.97 Å². The second-order valence-electron chi connectivity index (χ2n) is 9.54. The largest absolute Gasteiger partial charge is 0.426 e. The third-order valence-electron chi connectivity index (χ3n) is 5.71. The van der Waals surface area contributed by atoms with Crippen LogP contribution in [-0.4, -0.2) is 20.3 Å². The third kappa shape index (κ3) is 5.73. The Labute approximate surface area is 208 Å². The van der Waals surface area contributed by atoms with Gasteiger partial charge in [0.05, 0.1) is 10.6 Å². The van der Waals surface area contributed by atoms with Crippen LogP contribution in [0.2, 0.25) is 0 Å². The van der Waals surface area contributed by atoms with Crippen LogP contribution in [0.3, 0.4) is 0 Å². The molecule has 0 aliphatic rings. The number of fused-ring (bicyclic) bond motifs is 1. The number of sulfonamides is 1. The quantitative estimate of drug-likeness (QED) is 0.268. The van der Waals surface area contributed by atoms with Gasteiger partial charge in [0, 0.05) is 23.6 Å². The molecule has 6 nitrogen and oxygen atoms in total. The highest BCUT2D eigenvalue weighted by Gasteiger charge is 2.32. The fraction of sp³-hybridized carbons (Fsp3) is 0.357. The van der Waals surface area contributed by atoms with Gasteiger partial charge in [0.15, 0.2) is 0 Å². The van der Waals surface area contributed by atoms with Crippen molar-refractivity contribution in [3.8, 4) is 5.75 Å². The average Bonchev–Trinajstić information content (AvgIpc) is 2.80. The molecule has 3 aromatic carbocycles. The number of benzene rings is 3. The standard InChI is InChI=1S/C28H33NO5S/c1-6-10-26(30)29(35(32,33)21-16-14-20(15-17-21)28(3,4)5)24-18-19-25(34-27(31)11-7-2)23-13-9-8-12-22(23)24/h8-9,12-19H,6-7,10-11H2,1-5H3. The molecule has 0 heterocycles. The Balaban J connectivity index is 2.17. The Morgan fingerprint density at radius 3 is 2.00 bits per heavy atom. The van der Waals surface area contributed by atoms with Gasteiger partial charge in [0.1, 0.15) is 5.75 Å². The zero-order valence-electron chi connectivity index (χ0n) is 21.0. The molecule has 0 spiro atoms. The minimum absolute atomic E-state index is 0.0393. The number of esters is 1. The molecule has 186 valence electrons. The van der Waals surface area contributed by atoms with Crippen LogP contribution in [0, 0.1) is 0 Å². The number of amides is 1. The van der Waals surface area contributed by atoms with Crippen molar-refractivity contribution in [2.75, 3.05) is 4.31 Å². The van der Waals surface area contributed by atoms with E-state index in [2.05, 4.69) is 20.8 Å². The number of ether oxygens (including phenoxy) is 1. The van der Waals surface area contributed by atoms with Crippen LogP contribution in [0.1, 0.15) is 65.9 Å². The predicted octanol–water partition coefficient (Wildman–Crippen LogP) is 6.36. The summed E-state index contributed by atoms with van der Waals surface area (Å²) in [4.78, 5) is 25.4. The molecule has 0 aliphatic carbocycles. The summed E-state index contributed by atoms with van der Waals surface area (Å²) in [6.45, 7) is 9.87. The zero-order valence-corrected chi connectivity index (χ0v) is 21.8. The molecule has 7 heteroatoms. The van der Waals surface area contributed by atoms with E-state index < -0.39 is 15.9 Å². The molecule has 0 N–H and O–H groups in total. The van der Waals surface area contributed by atoms with Crippen LogP contribution < -0.4 is 9.04 Å². The molecule has 0 aromatic heterocycles. The third-order valence-corrected chi connectivity index (χ3v) is 7.46. The molecule has 0 radical (unpaired) electrons. The zero-order chi connectivity index (χ0) is 25.8. The fourth-order valence-corrected chi connectivity index (χ4v) is 5.31. The molecule has 0 atom stereocenters. The van der Waals surface area contributed by atoms with Crippen LogP contribution >= 0.6 is 0 Å². The van der Waals surface area contributed by atoms with Crippen molar-refractivity contribution in [1.29, 1.82) is 0 Å². The average molecular weight is 496 g/mol. The Morgan fingerprint density at radius 1 is 0.829 bits per heavy atom. The Kier molecular flexibility index (Phi) is 8.00. The van der Waals surface area contributed by atoms with Gasteiger partial charge in [-0.05, 0) is 48.1 Å². The smallest absolute Gasteiger partial charge is 0.311 e. The Bertz CT molecular complexity index is 1320. The van der Waals surface area contributed by atoms with Crippen molar-refractivity contribution in [2.45, 2.75) is 70.6 Å². The van der Waals surface area contributed by atoms with E-state index in [-0.39, 0.29) is 34.8 Å². The number of hydrogen-bond donors (Lipinski definition) is 0. The van der Waals surface area contributed by atoms with Crippen LogP contribution in [0.15, 0.2) is 65.6 Å². The van der Waals surface area contributed by atoms with Crippen molar-refractivity contribution in [1.82, 2.24) is 0 Å².